The van der Waals surface area contributed by atoms with Gasteiger partial charge in [0.25, 0.3) is 0 Å². The molecule has 6 heteroatoms. The second-order valence-corrected chi connectivity index (χ2v) is 9.50. The number of pyridine rings is 1. The highest BCUT2D eigenvalue weighted by Crippen LogP contribution is 2.54. The fraction of sp³-hybridized carbons (Fsp3) is 0.714. The van der Waals surface area contributed by atoms with Crippen molar-refractivity contribution in [1.82, 2.24) is 15.2 Å². The van der Waals surface area contributed by atoms with E-state index in [0.29, 0.717) is 23.7 Å². The van der Waals surface area contributed by atoms with Crippen molar-refractivity contribution in [2.75, 3.05) is 37.7 Å². The molecule has 1 aromatic heterocycles. The number of thioether (sulfide) groups is 1. The highest BCUT2D eigenvalue weighted by Gasteiger charge is 2.62. The molecule has 0 radical (unpaired) electrons. The highest BCUT2D eigenvalue weighted by atomic mass is 32.2. The molecule has 4 rings (SSSR count). The summed E-state index contributed by atoms with van der Waals surface area (Å²) < 4.78 is 6.50. The first-order chi connectivity index (χ1) is 13.1. The van der Waals surface area contributed by atoms with Gasteiger partial charge in [0.05, 0.1) is 17.5 Å². The molecule has 0 unspecified atom stereocenters. The van der Waals surface area contributed by atoms with Crippen LogP contribution in [0.5, 0.6) is 0 Å². The topological polar surface area (TPSA) is 54.5 Å². The third kappa shape index (κ3) is 4.03. The molecule has 1 aromatic rings. The van der Waals surface area contributed by atoms with Gasteiger partial charge < -0.3 is 10.1 Å². The second-order valence-electron chi connectivity index (χ2n) is 8.23. The highest BCUT2D eigenvalue weighted by molar-refractivity contribution is 7.99. The Labute approximate surface area is 166 Å². The van der Waals surface area contributed by atoms with Gasteiger partial charge in [-0.3, -0.25) is 14.7 Å². The summed E-state index contributed by atoms with van der Waals surface area (Å²) in [5.74, 6) is 2.75. The molecule has 3 saturated heterocycles. The maximum atomic E-state index is 12.0. The number of aryl methyl sites for hydroxylation is 1. The SMILES string of the molecule is CCSCC(=O)NC[C@H]1[C@H]2CN(CCc3cccc(C)n3)C[C@]23CC[C@H]1O3. The van der Waals surface area contributed by atoms with E-state index in [4.69, 9.17) is 4.74 Å². The molecule has 1 N–H and O–H groups in total. The van der Waals surface area contributed by atoms with Crippen molar-refractivity contribution in [2.24, 2.45) is 11.8 Å². The maximum Gasteiger partial charge on any atom is 0.230 e. The first kappa shape index (κ1) is 19.2. The van der Waals surface area contributed by atoms with Crippen LogP contribution in [0.25, 0.3) is 0 Å². The maximum absolute atomic E-state index is 12.0. The Hall–Kier alpha value is -1.11. The molecule has 3 fully saturated rings. The third-order valence-electron chi connectivity index (χ3n) is 6.46. The number of ether oxygens (including phenoxy) is 1. The number of aromatic nitrogens is 1. The van der Waals surface area contributed by atoms with Crippen LogP contribution in [0, 0.1) is 18.8 Å². The molecule has 0 aromatic carbocycles. The zero-order valence-corrected chi connectivity index (χ0v) is 17.3. The Balaban J connectivity index is 1.32. The molecule has 3 aliphatic heterocycles. The average Bonchev–Trinajstić information content (AvgIpc) is 3.31. The minimum absolute atomic E-state index is 0.0399. The zero-order valence-electron chi connectivity index (χ0n) is 16.4. The molecule has 0 saturated carbocycles. The molecule has 4 atom stereocenters. The van der Waals surface area contributed by atoms with Crippen molar-refractivity contribution >= 4 is 17.7 Å². The van der Waals surface area contributed by atoms with Crippen LogP contribution in [-0.2, 0) is 16.0 Å². The lowest BCUT2D eigenvalue weighted by Crippen LogP contribution is -2.42. The van der Waals surface area contributed by atoms with E-state index in [-0.39, 0.29) is 11.5 Å². The lowest BCUT2D eigenvalue weighted by molar-refractivity contribution is -0.118. The Morgan fingerprint density at radius 3 is 3.19 bits per heavy atom. The van der Waals surface area contributed by atoms with Crippen molar-refractivity contribution in [3.05, 3.63) is 29.6 Å². The van der Waals surface area contributed by atoms with E-state index in [1.54, 1.807) is 11.8 Å². The van der Waals surface area contributed by atoms with Crippen molar-refractivity contribution in [3.8, 4) is 0 Å². The standard InChI is InChI=1S/C21H31N3O2S/c1-3-27-13-20(25)22-11-17-18-12-24(14-21(18)9-7-19(17)26-21)10-8-16-6-4-5-15(2)23-16/h4-6,17-19H,3,7-14H2,1-2H3,(H,22,25)/t17-,18+,19+,21+/m0/s1. The largest absolute Gasteiger partial charge is 0.370 e. The van der Waals surface area contributed by atoms with E-state index >= 15 is 0 Å². The monoisotopic (exact) mass is 389 g/mol. The van der Waals surface area contributed by atoms with Crippen LogP contribution in [0.1, 0.15) is 31.2 Å². The molecule has 1 spiro atoms. The Morgan fingerprint density at radius 1 is 1.48 bits per heavy atom. The number of amides is 1. The quantitative estimate of drug-likeness (QED) is 0.739. The lowest BCUT2D eigenvalue weighted by atomic mass is 9.73. The molecular weight excluding hydrogens is 358 g/mol. The number of hydrogen-bond acceptors (Lipinski definition) is 5. The summed E-state index contributed by atoms with van der Waals surface area (Å²) in [6.45, 7) is 8.07. The Morgan fingerprint density at radius 2 is 2.37 bits per heavy atom. The predicted octanol–water partition coefficient (Wildman–Crippen LogP) is 2.28. The number of carbonyl (C=O) groups excluding carboxylic acids is 1. The van der Waals surface area contributed by atoms with Gasteiger partial charge in [-0.2, -0.15) is 11.8 Å². The van der Waals surface area contributed by atoms with E-state index in [0.717, 1.165) is 50.5 Å². The van der Waals surface area contributed by atoms with Crippen LogP contribution in [0.4, 0.5) is 0 Å². The molecule has 27 heavy (non-hydrogen) atoms. The molecule has 148 valence electrons. The Bertz CT molecular complexity index is 685. The van der Waals surface area contributed by atoms with Crippen LogP contribution in [0.3, 0.4) is 0 Å². The fourth-order valence-electron chi connectivity index (χ4n) is 5.22. The van der Waals surface area contributed by atoms with E-state index in [9.17, 15) is 4.79 Å². The molecule has 2 bridgehead atoms. The van der Waals surface area contributed by atoms with Gasteiger partial charge in [-0.15, -0.1) is 0 Å². The van der Waals surface area contributed by atoms with Gasteiger partial charge >= 0.3 is 0 Å². The number of fused-ring (bicyclic) bond motifs is 1. The predicted molar refractivity (Wildman–Crippen MR) is 109 cm³/mol. The van der Waals surface area contributed by atoms with E-state index in [1.165, 1.54) is 12.1 Å². The third-order valence-corrected chi connectivity index (χ3v) is 7.33. The summed E-state index contributed by atoms with van der Waals surface area (Å²) in [5, 5.41) is 3.16. The molecule has 0 aliphatic carbocycles. The fourth-order valence-corrected chi connectivity index (χ4v) is 5.71. The lowest BCUT2D eigenvalue weighted by Gasteiger charge is -2.29. The van der Waals surface area contributed by atoms with Crippen molar-refractivity contribution in [3.63, 3.8) is 0 Å². The normalized spacial score (nSPS) is 32.0. The van der Waals surface area contributed by atoms with Gasteiger partial charge in [0.2, 0.25) is 5.91 Å². The number of nitrogens with one attached hydrogen (secondary N) is 1. The average molecular weight is 390 g/mol. The second kappa shape index (κ2) is 8.10. The van der Waals surface area contributed by atoms with Crippen molar-refractivity contribution in [1.29, 1.82) is 0 Å². The number of rotatable bonds is 8. The summed E-state index contributed by atoms with van der Waals surface area (Å²) >= 11 is 1.68. The molecule has 1 amide bonds. The van der Waals surface area contributed by atoms with Gasteiger partial charge in [0, 0.05) is 55.8 Å². The zero-order chi connectivity index (χ0) is 18.9. The van der Waals surface area contributed by atoms with Gasteiger partial charge in [-0.25, -0.2) is 0 Å². The summed E-state index contributed by atoms with van der Waals surface area (Å²) in [6, 6.07) is 6.26. The van der Waals surface area contributed by atoms with E-state index < -0.39 is 0 Å². The summed E-state index contributed by atoms with van der Waals surface area (Å²) in [4.78, 5) is 19.2. The van der Waals surface area contributed by atoms with Crippen LogP contribution in [-0.4, -0.2) is 65.2 Å². The first-order valence-electron chi connectivity index (χ1n) is 10.3. The minimum Gasteiger partial charge on any atom is -0.370 e. The summed E-state index contributed by atoms with van der Waals surface area (Å²) in [5.41, 5.74) is 2.30. The number of nitrogens with zero attached hydrogens (tertiary/aromatic N) is 2. The van der Waals surface area contributed by atoms with E-state index in [2.05, 4.69) is 34.3 Å². The van der Waals surface area contributed by atoms with Crippen molar-refractivity contribution in [2.45, 2.75) is 44.8 Å². The van der Waals surface area contributed by atoms with Gasteiger partial charge in [0.15, 0.2) is 0 Å². The smallest absolute Gasteiger partial charge is 0.230 e. The Kier molecular flexibility index (Phi) is 5.76. The summed E-state index contributed by atoms with van der Waals surface area (Å²) in [6.07, 6.45) is 3.66. The van der Waals surface area contributed by atoms with Crippen LogP contribution in [0.15, 0.2) is 18.2 Å². The number of hydrogen-bond donors (Lipinski definition) is 1. The van der Waals surface area contributed by atoms with E-state index in [1.807, 2.05) is 13.0 Å². The minimum atomic E-state index is 0.0399. The molecule has 5 nitrogen and oxygen atoms in total. The van der Waals surface area contributed by atoms with Crippen LogP contribution >= 0.6 is 11.8 Å². The molecular formula is C21H31N3O2S. The first-order valence-corrected chi connectivity index (χ1v) is 11.4. The number of likely N-dealkylation sites (tertiary alicyclic amines) is 1. The van der Waals surface area contributed by atoms with Gasteiger partial charge in [-0.1, -0.05) is 13.0 Å². The van der Waals surface area contributed by atoms with Crippen molar-refractivity contribution < 1.29 is 9.53 Å². The van der Waals surface area contributed by atoms with Crippen LogP contribution in [0.2, 0.25) is 0 Å². The number of carbonyl (C=O) groups is 1. The molecule has 3 aliphatic rings. The van der Waals surface area contributed by atoms with Crippen LogP contribution < -0.4 is 5.32 Å². The van der Waals surface area contributed by atoms with Gasteiger partial charge in [-0.05, 0) is 37.7 Å². The summed E-state index contributed by atoms with van der Waals surface area (Å²) in [7, 11) is 0. The molecule has 4 heterocycles. The van der Waals surface area contributed by atoms with Gasteiger partial charge in [0.1, 0.15) is 0 Å².